The molecule has 0 aromatic carbocycles. The number of hydrogen-bond acceptors (Lipinski definition) is 7. The number of esters is 2. The van der Waals surface area contributed by atoms with Crippen LogP contribution in [0.3, 0.4) is 0 Å². The Balaban J connectivity index is 4.13. The SMILES string of the molecule is CCCCCCCC(=O)OC[C@H](COP(=O)(O)O)OC(=O)CCC/C=C\C/C=C\C/C=C\C/C=C\CCC[C@H](C)O. The van der Waals surface area contributed by atoms with Gasteiger partial charge in [0.15, 0.2) is 6.10 Å². The van der Waals surface area contributed by atoms with E-state index < -0.39 is 32.5 Å². The highest BCUT2D eigenvalue weighted by Gasteiger charge is 2.22. The number of aliphatic hydroxyl groups excluding tert-OH is 1. The van der Waals surface area contributed by atoms with E-state index in [2.05, 4.69) is 47.9 Å². The molecule has 236 valence electrons. The molecule has 0 bridgehead atoms. The first kappa shape index (κ1) is 39.0. The van der Waals surface area contributed by atoms with Crippen molar-refractivity contribution in [3.8, 4) is 0 Å². The van der Waals surface area contributed by atoms with Crippen LogP contribution in [0.15, 0.2) is 48.6 Å². The standard InChI is InChI=1S/C31H53O9P/c1-3-4-5-17-21-24-30(33)38-26-29(27-39-41(35,36)37)40-31(34)25-22-19-16-14-12-10-8-6-7-9-11-13-15-18-20-23-28(2)32/h7-10,13-16,28-29,32H,3-6,11-12,17-27H2,1-2H3,(H2,35,36,37)/b9-7-,10-8-,15-13-,16-14-/t28-,29+/m0/s1. The molecule has 0 unspecified atom stereocenters. The molecule has 0 spiro atoms. The number of phosphoric acid groups is 1. The van der Waals surface area contributed by atoms with Crippen molar-refractivity contribution in [2.24, 2.45) is 0 Å². The average Bonchev–Trinajstić information content (AvgIpc) is 2.91. The summed E-state index contributed by atoms with van der Waals surface area (Å²) in [6.07, 6.45) is 27.4. The number of carbonyl (C=O) groups is 2. The topological polar surface area (TPSA) is 140 Å². The molecule has 0 aliphatic rings. The first-order chi connectivity index (χ1) is 19.6. The van der Waals surface area contributed by atoms with Gasteiger partial charge in [-0.15, -0.1) is 0 Å². The lowest BCUT2D eigenvalue weighted by atomic mass is 10.1. The Hall–Kier alpha value is -2.03. The maximum Gasteiger partial charge on any atom is 0.469 e. The molecule has 0 amide bonds. The van der Waals surface area contributed by atoms with Crippen LogP contribution in [0.1, 0.15) is 110 Å². The lowest BCUT2D eigenvalue weighted by Gasteiger charge is -2.18. The number of hydrogen-bond donors (Lipinski definition) is 3. The number of phosphoric ester groups is 1. The largest absolute Gasteiger partial charge is 0.469 e. The van der Waals surface area contributed by atoms with Gasteiger partial charge in [0.05, 0.1) is 12.7 Å². The molecule has 0 fully saturated rings. The lowest BCUT2D eigenvalue weighted by molar-refractivity contribution is -0.161. The van der Waals surface area contributed by atoms with E-state index in [1.165, 1.54) is 0 Å². The normalized spacial score (nSPS) is 14.0. The summed E-state index contributed by atoms with van der Waals surface area (Å²) >= 11 is 0. The molecule has 0 heterocycles. The van der Waals surface area contributed by atoms with Crippen LogP contribution in [0.4, 0.5) is 0 Å². The summed E-state index contributed by atoms with van der Waals surface area (Å²) in [6, 6.07) is 0. The van der Waals surface area contributed by atoms with E-state index in [1.54, 1.807) is 0 Å². The third-order valence-corrected chi connectivity index (χ3v) is 6.35. The molecule has 0 aliphatic heterocycles. The van der Waals surface area contributed by atoms with Gasteiger partial charge in [-0.2, -0.15) is 0 Å². The Morgan fingerprint density at radius 2 is 1.27 bits per heavy atom. The number of ether oxygens (including phenoxy) is 2. The van der Waals surface area contributed by atoms with Gasteiger partial charge in [-0.05, 0) is 64.7 Å². The van der Waals surface area contributed by atoms with E-state index in [0.717, 1.165) is 64.2 Å². The van der Waals surface area contributed by atoms with Crippen molar-refractivity contribution in [2.75, 3.05) is 13.2 Å². The third kappa shape index (κ3) is 30.8. The molecule has 3 N–H and O–H groups in total. The molecule has 0 aromatic rings. The maximum atomic E-state index is 12.2. The summed E-state index contributed by atoms with van der Waals surface area (Å²) in [5.74, 6) is -0.989. The number of unbranched alkanes of at least 4 members (excludes halogenated alkanes) is 6. The van der Waals surface area contributed by atoms with Crippen LogP contribution in [0.2, 0.25) is 0 Å². The Bertz CT molecular complexity index is 827. The lowest BCUT2D eigenvalue weighted by Crippen LogP contribution is -2.29. The highest BCUT2D eigenvalue weighted by molar-refractivity contribution is 7.46. The number of allylic oxidation sites excluding steroid dienone is 8. The van der Waals surface area contributed by atoms with Gasteiger partial charge in [-0.25, -0.2) is 4.57 Å². The Kier molecular flexibility index (Phi) is 25.5. The molecule has 0 rings (SSSR count). The van der Waals surface area contributed by atoms with Crippen molar-refractivity contribution in [1.82, 2.24) is 0 Å². The molecule has 0 aromatic heterocycles. The molecule has 0 saturated carbocycles. The molecule has 0 radical (unpaired) electrons. The van der Waals surface area contributed by atoms with E-state index in [9.17, 15) is 19.3 Å². The summed E-state index contributed by atoms with van der Waals surface area (Å²) < 4.78 is 25.9. The smallest absolute Gasteiger partial charge is 0.462 e. The second kappa shape index (κ2) is 26.8. The highest BCUT2D eigenvalue weighted by Crippen LogP contribution is 2.35. The Labute approximate surface area is 247 Å². The van der Waals surface area contributed by atoms with E-state index in [4.69, 9.17) is 19.3 Å². The van der Waals surface area contributed by atoms with Crippen LogP contribution in [0.25, 0.3) is 0 Å². The summed E-state index contributed by atoms with van der Waals surface area (Å²) in [6.45, 7) is 3.04. The van der Waals surface area contributed by atoms with Gasteiger partial charge in [0, 0.05) is 12.8 Å². The van der Waals surface area contributed by atoms with Gasteiger partial charge in [-0.3, -0.25) is 14.1 Å². The molecule has 0 aliphatic carbocycles. The van der Waals surface area contributed by atoms with Crippen LogP contribution in [0, 0.1) is 0 Å². The van der Waals surface area contributed by atoms with Crippen molar-refractivity contribution in [3.63, 3.8) is 0 Å². The first-order valence-corrected chi connectivity index (χ1v) is 16.5. The van der Waals surface area contributed by atoms with E-state index in [0.29, 0.717) is 19.3 Å². The number of carbonyl (C=O) groups excluding carboxylic acids is 2. The summed E-state index contributed by atoms with van der Waals surface area (Å²) in [7, 11) is -4.76. The minimum atomic E-state index is -4.76. The molecule has 41 heavy (non-hydrogen) atoms. The average molecular weight is 601 g/mol. The van der Waals surface area contributed by atoms with Gasteiger partial charge < -0.3 is 24.4 Å². The summed E-state index contributed by atoms with van der Waals surface area (Å²) in [5, 5.41) is 9.21. The minimum absolute atomic E-state index is 0.123. The highest BCUT2D eigenvalue weighted by atomic mass is 31.2. The number of rotatable bonds is 26. The summed E-state index contributed by atoms with van der Waals surface area (Å²) in [4.78, 5) is 42.0. The van der Waals surface area contributed by atoms with Crippen molar-refractivity contribution >= 4 is 19.8 Å². The van der Waals surface area contributed by atoms with Gasteiger partial charge in [0.2, 0.25) is 0 Å². The minimum Gasteiger partial charge on any atom is -0.462 e. The third-order valence-electron chi connectivity index (χ3n) is 5.87. The zero-order valence-corrected chi connectivity index (χ0v) is 25.9. The van der Waals surface area contributed by atoms with Crippen molar-refractivity contribution in [2.45, 2.75) is 122 Å². The van der Waals surface area contributed by atoms with Crippen molar-refractivity contribution in [3.05, 3.63) is 48.6 Å². The fourth-order valence-electron chi connectivity index (χ4n) is 3.62. The molecule has 2 atom stereocenters. The second-order valence-electron chi connectivity index (χ2n) is 10.0. The fourth-order valence-corrected chi connectivity index (χ4v) is 3.98. The Morgan fingerprint density at radius 1 is 0.732 bits per heavy atom. The summed E-state index contributed by atoms with van der Waals surface area (Å²) in [5.41, 5.74) is 0. The van der Waals surface area contributed by atoms with Gasteiger partial charge >= 0.3 is 19.8 Å². The fraction of sp³-hybridized carbons (Fsp3) is 0.677. The zero-order chi connectivity index (χ0) is 30.6. The first-order valence-electron chi connectivity index (χ1n) is 15.0. The van der Waals surface area contributed by atoms with Crippen LogP contribution >= 0.6 is 7.82 Å². The molecular weight excluding hydrogens is 547 g/mol. The second-order valence-corrected chi connectivity index (χ2v) is 11.2. The van der Waals surface area contributed by atoms with Crippen molar-refractivity contribution in [1.29, 1.82) is 0 Å². The van der Waals surface area contributed by atoms with Crippen LogP contribution in [-0.4, -0.2) is 52.3 Å². The van der Waals surface area contributed by atoms with E-state index in [1.807, 2.05) is 19.1 Å². The van der Waals surface area contributed by atoms with Gasteiger partial charge in [0.1, 0.15) is 6.61 Å². The predicted molar refractivity (Wildman–Crippen MR) is 162 cm³/mol. The molecule has 10 heteroatoms. The Morgan fingerprint density at radius 3 is 1.83 bits per heavy atom. The van der Waals surface area contributed by atoms with Crippen molar-refractivity contribution < 1.29 is 43.0 Å². The quantitative estimate of drug-likeness (QED) is 0.0413. The van der Waals surface area contributed by atoms with Gasteiger partial charge in [0.25, 0.3) is 0 Å². The molecular formula is C31H53O9P. The van der Waals surface area contributed by atoms with E-state index >= 15 is 0 Å². The van der Waals surface area contributed by atoms with Crippen LogP contribution < -0.4 is 0 Å². The van der Waals surface area contributed by atoms with Gasteiger partial charge in [-0.1, -0.05) is 81.2 Å². The molecule has 0 saturated heterocycles. The monoisotopic (exact) mass is 600 g/mol. The predicted octanol–water partition coefficient (Wildman–Crippen LogP) is 7.03. The molecule has 9 nitrogen and oxygen atoms in total. The van der Waals surface area contributed by atoms with E-state index in [-0.39, 0.29) is 25.6 Å². The number of aliphatic hydroxyl groups is 1. The zero-order valence-electron chi connectivity index (χ0n) is 25.0. The van der Waals surface area contributed by atoms with Crippen LogP contribution in [-0.2, 0) is 28.2 Å². The van der Waals surface area contributed by atoms with Crippen LogP contribution in [0.5, 0.6) is 0 Å². The maximum absolute atomic E-state index is 12.2.